The lowest BCUT2D eigenvalue weighted by molar-refractivity contribution is 0.0219. The molecule has 158 valence electrons. The molecule has 1 aromatic heterocycles. The summed E-state index contributed by atoms with van der Waals surface area (Å²) in [6.07, 6.45) is -0.0144. The number of ether oxygens (including phenoxy) is 1. The summed E-state index contributed by atoms with van der Waals surface area (Å²) in [5, 5.41) is 12.0. The van der Waals surface area contributed by atoms with Gasteiger partial charge in [0.15, 0.2) is 0 Å². The van der Waals surface area contributed by atoms with E-state index in [1.165, 1.54) is 12.0 Å². The Balaban J connectivity index is 1.80. The van der Waals surface area contributed by atoms with E-state index in [4.69, 9.17) is 14.8 Å². The maximum absolute atomic E-state index is 13.0. The molecule has 0 aliphatic carbocycles. The van der Waals surface area contributed by atoms with Crippen LogP contribution < -0.4 is 15.7 Å². The fraction of sp³-hybridized carbons (Fsp3) is 0.429. The molecule has 1 aliphatic rings. The van der Waals surface area contributed by atoms with E-state index < -0.39 is 11.7 Å². The van der Waals surface area contributed by atoms with Crippen molar-refractivity contribution in [3.05, 3.63) is 57.0 Å². The van der Waals surface area contributed by atoms with Crippen LogP contribution in [0.1, 0.15) is 43.2 Å². The Morgan fingerprint density at radius 2 is 2.00 bits per heavy atom. The SMILES string of the molecule is COn1c(NCc2ccc(C#N)cc2)nc2c(c1=O)CN(C(=O)OC(C)(C)C)CC2. The van der Waals surface area contributed by atoms with Gasteiger partial charge < -0.3 is 19.8 Å². The normalized spacial score (nSPS) is 13.2. The largest absolute Gasteiger partial charge is 0.444 e. The van der Waals surface area contributed by atoms with Gasteiger partial charge in [0.2, 0.25) is 5.95 Å². The first-order valence-corrected chi connectivity index (χ1v) is 9.62. The van der Waals surface area contributed by atoms with E-state index in [0.29, 0.717) is 36.3 Å². The average molecular weight is 411 g/mol. The molecule has 0 saturated heterocycles. The third-order valence-corrected chi connectivity index (χ3v) is 4.56. The molecule has 9 nitrogen and oxygen atoms in total. The van der Waals surface area contributed by atoms with Crippen LogP contribution in [0.5, 0.6) is 0 Å². The molecular formula is C21H25N5O4. The van der Waals surface area contributed by atoms with Crippen molar-refractivity contribution >= 4 is 12.0 Å². The molecule has 1 aliphatic heterocycles. The minimum Gasteiger partial charge on any atom is -0.444 e. The van der Waals surface area contributed by atoms with Crippen LogP contribution in [0.3, 0.4) is 0 Å². The maximum Gasteiger partial charge on any atom is 0.410 e. The highest BCUT2D eigenvalue weighted by Gasteiger charge is 2.29. The van der Waals surface area contributed by atoms with E-state index in [0.717, 1.165) is 10.3 Å². The van der Waals surface area contributed by atoms with Crippen molar-refractivity contribution in [1.82, 2.24) is 14.6 Å². The van der Waals surface area contributed by atoms with Gasteiger partial charge in [-0.2, -0.15) is 5.26 Å². The molecule has 1 aromatic carbocycles. The molecule has 0 fully saturated rings. The van der Waals surface area contributed by atoms with Crippen LogP contribution in [-0.4, -0.2) is 40.0 Å². The Morgan fingerprint density at radius 3 is 2.60 bits per heavy atom. The summed E-state index contributed by atoms with van der Waals surface area (Å²) < 4.78 is 6.49. The van der Waals surface area contributed by atoms with Gasteiger partial charge in [0.05, 0.1) is 29.4 Å². The molecule has 30 heavy (non-hydrogen) atoms. The highest BCUT2D eigenvalue weighted by molar-refractivity contribution is 5.68. The first-order valence-electron chi connectivity index (χ1n) is 9.62. The lowest BCUT2D eigenvalue weighted by Gasteiger charge is -2.30. The number of fused-ring (bicyclic) bond motifs is 1. The summed E-state index contributed by atoms with van der Waals surface area (Å²) in [4.78, 5) is 36.6. The van der Waals surface area contributed by atoms with Crippen LogP contribution in [0.2, 0.25) is 0 Å². The Kier molecular flexibility index (Phi) is 5.96. The number of rotatable bonds is 4. The highest BCUT2D eigenvalue weighted by Crippen LogP contribution is 2.19. The van der Waals surface area contributed by atoms with E-state index in [2.05, 4.69) is 16.4 Å². The number of benzene rings is 1. The fourth-order valence-electron chi connectivity index (χ4n) is 3.10. The van der Waals surface area contributed by atoms with Gasteiger partial charge in [-0.1, -0.05) is 12.1 Å². The summed E-state index contributed by atoms with van der Waals surface area (Å²) in [5.41, 5.74) is 1.59. The van der Waals surface area contributed by atoms with Crippen LogP contribution in [0.25, 0.3) is 0 Å². The summed E-state index contributed by atoms with van der Waals surface area (Å²) >= 11 is 0. The number of carbonyl (C=O) groups is 1. The molecule has 9 heteroatoms. The van der Waals surface area contributed by atoms with Crippen LogP contribution in [0, 0.1) is 11.3 Å². The second kappa shape index (κ2) is 8.45. The first kappa shape index (κ1) is 21.2. The van der Waals surface area contributed by atoms with Crippen LogP contribution in [0.15, 0.2) is 29.1 Å². The molecule has 0 radical (unpaired) electrons. The Bertz CT molecular complexity index is 1030. The van der Waals surface area contributed by atoms with Gasteiger partial charge in [0.25, 0.3) is 5.56 Å². The second-order valence-electron chi connectivity index (χ2n) is 7.96. The van der Waals surface area contributed by atoms with E-state index in [-0.39, 0.29) is 18.1 Å². The van der Waals surface area contributed by atoms with Crippen molar-refractivity contribution in [3.8, 4) is 6.07 Å². The van der Waals surface area contributed by atoms with Gasteiger partial charge in [-0.3, -0.25) is 4.79 Å². The Morgan fingerprint density at radius 1 is 1.30 bits per heavy atom. The zero-order chi connectivity index (χ0) is 21.9. The first-order chi connectivity index (χ1) is 14.2. The zero-order valence-electron chi connectivity index (χ0n) is 17.6. The van der Waals surface area contributed by atoms with E-state index in [1.54, 1.807) is 32.9 Å². The van der Waals surface area contributed by atoms with Crippen molar-refractivity contribution in [2.45, 2.75) is 45.9 Å². The molecular weight excluding hydrogens is 386 g/mol. The number of aromatic nitrogens is 2. The van der Waals surface area contributed by atoms with Gasteiger partial charge in [-0.05, 0) is 38.5 Å². The molecule has 0 unspecified atom stereocenters. The summed E-state index contributed by atoms with van der Waals surface area (Å²) in [5.74, 6) is 0.288. The average Bonchev–Trinajstić information content (AvgIpc) is 2.71. The highest BCUT2D eigenvalue weighted by atomic mass is 16.7. The smallest absolute Gasteiger partial charge is 0.410 e. The van der Waals surface area contributed by atoms with Crippen molar-refractivity contribution in [3.63, 3.8) is 0 Å². The molecule has 2 heterocycles. The van der Waals surface area contributed by atoms with E-state index in [1.807, 2.05) is 12.1 Å². The lowest BCUT2D eigenvalue weighted by atomic mass is 10.1. The number of nitrogens with one attached hydrogen (secondary N) is 1. The number of carbonyl (C=O) groups excluding carboxylic acids is 1. The number of anilines is 1. The van der Waals surface area contributed by atoms with Crippen LogP contribution in [0.4, 0.5) is 10.7 Å². The maximum atomic E-state index is 13.0. The number of amides is 1. The zero-order valence-corrected chi connectivity index (χ0v) is 17.6. The number of hydrogen-bond acceptors (Lipinski definition) is 7. The molecule has 0 bridgehead atoms. The molecule has 0 spiro atoms. The van der Waals surface area contributed by atoms with Crippen molar-refractivity contribution in [1.29, 1.82) is 5.26 Å². The Hall–Kier alpha value is -3.54. The van der Waals surface area contributed by atoms with Crippen LogP contribution in [-0.2, 0) is 24.2 Å². The minimum absolute atomic E-state index is 0.120. The molecule has 1 amide bonds. The monoisotopic (exact) mass is 411 g/mol. The standard InChI is InChI=1S/C21H25N5O4/c1-21(2,3)30-20(28)25-10-9-17-16(13-25)18(27)26(29-4)19(24-17)23-12-15-7-5-14(11-22)6-8-15/h5-8H,9-10,12-13H2,1-4H3,(H,23,24). The van der Waals surface area contributed by atoms with Gasteiger partial charge in [-0.15, -0.1) is 4.73 Å². The van der Waals surface area contributed by atoms with Gasteiger partial charge in [0, 0.05) is 19.5 Å². The third kappa shape index (κ3) is 4.71. The predicted octanol–water partition coefficient (Wildman–Crippen LogP) is 2.08. The van der Waals surface area contributed by atoms with Crippen molar-refractivity contribution in [2.24, 2.45) is 0 Å². The predicted molar refractivity (Wildman–Crippen MR) is 110 cm³/mol. The summed E-state index contributed by atoms with van der Waals surface area (Å²) in [6, 6.07) is 9.20. The van der Waals surface area contributed by atoms with Gasteiger partial charge >= 0.3 is 6.09 Å². The van der Waals surface area contributed by atoms with E-state index in [9.17, 15) is 9.59 Å². The van der Waals surface area contributed by atoms with Crippen molar-refractivity contribution < 1.29 is 14.4 Å². The van der Waals surface area contributed by atoms with Crippen molar-refractivity contribution in [2.75, 3.05) is 19.0 Å². The second-order valence-corrected chi connectivity index (χ2v) is 7.96. The quantitative estimate of drug-likeness (QED) is 0.820. The molecule has 0 atom stereocenters. The van der Waals surface area contributed by atoms with Crippen LogP contribution >= 0.6 is 0 Å². The molecule has 0 saturated carbocycles. The summed E-state index contributed by atoms with van der Waals surface area (Å²) in [7, 11) is 1.39. The minimum atomic E-state index is -0.610. The lowest BCUT2D eigenvalue weighted by Crippen LogP contribution is -2.44. The Labute approximate surface area is 174 Å². The molecule has 2 aromatic rings. The summed E-state index contributed by atoms with van der Waals surface area (Å²) in [6.45, 7) is 6.34. The fourth-order valence-corrected chi connectivity index (χ4v) is 3.10. The molecule has 3 rings (SSSR count). The van der Waals surface area contributed by atoms with E-state index >= 15 is 0 Å². The number of nitriles is 1. The van der Waals surface area contributed by atoms with Gasteiger partial charge in [-0.25, -0.2) is 9.78 Å². The third-order valence-electron chi connectivity index (χ3n) is 4.56. The number of hydrogen-bond donors (Lipinski definition) is 1. The van der Waals surface area contributed by atoms with Gasteiger partial charge in [0.1, 0.15) is 12.7 Å². The topological polar surface area (TPSA) is 109 Å². The molecule has 1 N–H and O–H groups in total. The number of nitrogens with zero attached hydrogens (tertiary/aromatic N) is 4.